The quantitative estimate of drug-likeness (QED) is 0.945. The number of primary amides is 1. The molecule has 0 aromatic carbocycles. The lowest BCUT2D eigenvalue weighted by Gasteiger charge is -2.21. The van der Waals surface area contributed by atoms with Crippen molar-refractivity contribution < 1.29 is 4.79 Å². The maximum Gasteiger partial charge on any atom is 0.229 e. The zero-order valence-electron chi connectivity index (χ0n) is 12.7. The van der Waals surface area contributed by atoms with Crippen LogP contribution in [0, 0.1) is 0 Å². The van der Waals surface area contributed by atoms with Gasteiger partial charge in [-0.15, -0.1) is 0 Å². The Morgan fingerprint density at radius 3 is 2.41 bits per heavy atom. The first kappa shape index (κ1) is 13.7. The number of hydrogen-bond donors (Lipinski definition) is 1. The van der Waals surface area contributed by atoms with Crippen LogP contribution in [0.15, 0.2) is 24.5 Å². The topological polar surface area (TPSA) is 68.9 Å². The van der Waals surface area contributed by atoms with Crippen molar-refractivity contribution in [2.45, 2.75) is 56.3 Å². The minimum atomic E-state index is -0.518. The molecule has 4 heteroatoms. The molecule has 0 bridgehead atoms. The van der Waals surface area contributed by atoms with Gasteiger partial charge in [-0.3, -0.25) is 14.8 Å². The smallest absolute Gasteiger partial charge is 0.229 e. The molecule has 2 saturated carbocycles. The molecule has 0 saturated heterocycles. The van der Waals surface area contributed by atoms with Crippen LogP contribution in [0.4, 0.5) is 0 Å². The van der Waals surface area contributed by atoms with Crippen LogP contribution >= 0.6 is 0 Å². The highest BCUT2D eigenvalue weighted by molar-refractivity contribution is 5.91. The molecule has 0 radical (unpaired) electrons. The Kier molecular flexibility index (Phi) is 3.13. The summed E-state index contributed by atoms with van der Waals surface area (Å²) in [6, 6.07) is 4.16. The predicted molar refractivity (Wildman–Crippen MR) is 85.5 cm³/mol. The van der Waals surface area contributed by atoms with Crippen LogP contribution in [0.25, 0.3) is 10.8 Å². The molecule has 2 aromatic heterocycles. The monoisotopic (exact) mass is 295 g/mol. The van der Waals surface area contributed by atoms with Crippen molar-refractivity contribution in [2.75, 3.05) is 0 Å². The Morgan fingerprint density at radius 2 is 1.73 bits per heavy atom. The highest BCUT2D eigenvalue weighted by Gasteiger charge is 2.51. The molecule has 4 nitrogen and oxygen atoms in total. The lowest BCUT2D eigenvalue weighted by Crippen LogP contribution is -2.29. The maximum atomic E-state index is 11.6. The van der Waals surface area contributed by atoms with E-state index < -0.39 is 5.41 Å². The average Bonchev–Trinajstić information content (AvgIpc) is 3.37. The first-order valence-corrected chi connectivity index (χ1v) is 8.25. The molecule has 0 aliphatic heterocycles. The molecular formula is C18H21N3O. The minimum absolute atomic E-state index is 0.258. The number of carbonyl (C=O) groups is 1. The Hall–Kier alpha value is -1.97. The van der Waals surface area contributed by atoms with Gasteiger partial charge in [0.15, 0.2) is 0 Å². The van der Waals surface area contributed by atoms with Gasteiger partial charge in [0.05, 0.1) is 11.1 Å². The van der Waals surface area contributed by atoms with Gasteiger partial charge < -0.3 is 5.73 Å². The highest BCUT2D eigenvalue weighted by atomic mass is 16.1. The van der Waals surface area contributed by atoms with Crippen molar-refractivity contribution in [3.05, 3.63) is 35.9 Å². The summed E-state index contributed by atoms with van der Waals surface area (Å²) in [7, 11) is 0. The van der Waals surface area contributed by atoms with E-state index in [4.69, 9.17) is 5.73 Å². The fourth-order valence-electron chi connectivity index (χ4n) is 3.69. The number of amides is 1. The van der Waals surface area contributed by atoms with E-state index in [0.29, 0.717) is 5.92 Å². The highest BCUT2D eigenvalue weighted by Crippen LogP contribution is 2.47. The van der Waals surface area contributed by atoms with Crippen LogP contribution in [0.5, 0.6) is 0 Å². The zero-order valence-corrected chi connectivity index (χ0v) is 12.7. The number of carbonyl (C=O) groups excluding carboxylic acids is 1. The molecule has 0 unspecified atom stereocenters. The Bertz CT molecular complexity index is 730. The van der Waals surface area contributed by atoms with E-state index in [2.05, 4.69) is 16.0 Å². The molecule has 2 aliphatic carbocycles. The summed E-state index contributed by atoms with van der Waals surface area (Å²) in [6.07, 6.45) is 11.9. The molecule has 4 rings (SSSR count). The molecule has 2 N–H and O–H groups in total. The van der Waals surface area contributed by atoms with E-state index in [1.165, 1.54) is 37.8 Å². The molecule has 2 fully saturated rings. The molecule has 22 heavy (non-hydrogen) atoms. The predicted octanol–water partition coefficient (Wildman–Crippen LogP) is 3.19. The third-order valence-corrected chi connectivity index (χ3v) is 5.36. The standard InChI is InChI=1S/C18H21N3O/c19-17(22)18(6-7-18)16-9-14-10-20-15(8-13(14)11-21-16)12-4-2-1-3-5-12/h8-12H,1-7H2,(H2,19,22). The first-order chi connectivity index (χ1) is 10.7. The van der Waals surface area contributed by atoms with Gasteiger partial charge >= 0.3 is 0 Å². The summed E-state index contributed by atoms with van der Waals surface area (Å²) < 4.78 is 0. The lowest BCUT2D eigenvalue weighted by molar-refractivity contribution is -0.120. The summed E-state index contributed by atoms with van der Waals surface area (Å²) in [4.78, 5) is 20.8. The molecule has 2 aromatic rings. The van der Waals surface area contributed by atoms with Gasteiger partial charge in [0, 0.05) is 34.8 Å². The molecule has 114 valence electrons. The molecular weight excluding hydrogens is 274 g/mol. The molecule has 1 amide bonds. The zero-order chi connectivity index (χ0) is 15.2. The van der Waals surface area contributed by atoms with Gasteiger partial charge in [-0.05, 0) is 37.8 Å². The van der Waals surface area contributed by atoms with Gasteiger partial charge in [-0.1, -0.05) is 19.3 Å². The Morgan fingerprint density at radius 1 is 1.05 bits per heavy atom. The number of nitrogens with zero attached hydrogens (tertiary/aromatic N) is 2. The summed E-state index contributed by atoms with van der Waals surface area (Å²) in [5, 5.41) is 2.16. The fraction of sp³-hybridized carbons (Fsp3) is 0.500. The van der Waals surface area contributed by atoms with E-state index in [1.807, 2.05) is 18.5 Å². The Balaban J connectivity index is 1.69. The van der Waals surface area contributed by atoms with Gasteiger partial charge in [0.2, 0.25) is 5.91 Å². The van der Waals surface area contributed by atoms with Crippen LogP contribution in [0.1, 0.15) is 62.3 Å². The summed E-state index contributed by atoms with van der Waals surface area (Å²) >= 11 is 0. The molecule has 0 spiro atoms. The fourth-order valence-corrected chi connectivity index (χ4v) is 3.69. The molecule has 0 atom stereocenters. The third-order valence-electron chi connectivity index (χ3n) is 5.36. The minimum Gasteiger partial charge on any atom is -0.369 e. The van der Waals surface area contributed by atoms with Crippen LogP contribution in [0.2, 0.25) is 0 Å². The van der Waals surface area contributed by atoms with E-state index >= 15 is 0 Å². The van der Waals surface area contributed by atoms with E-state index in [0.717, 1.165) is 29.3 Å². The van der Waals surface area contributed by atoms with Crippen molar-refractivity contribution >= 4 is 16.7 Å². The van der Waals surface area contributed by atoms with Crippen LogP contribution in [0.3, 0.4) is 0 Å². The van der Waals surface area contributed by atoms with Gasteiger partial charge in [0.25, 0.3) is 0 Å². The second kappa shape index (κ2) is 5.04. The second-order valence-corrected chi connectivity index (χ2v) is 6.81. The normalized spacial score (nSPS) is 20.9. The van der Waals surface area contributed by atoms with Gasteiger partial charge in [-0.25, -0.2) is 0 Å². The summed E-state index contributed by atoms with van der Waals surface area (Å²) in [5.74, 6) is 0.337. The van der Waals surface area contributed by atoms with Crippen molar-refractivity contribution in [3.63, 3.8) is 0 Å². The molecule has 2 aliphatic rings. The van der Waals surface area contributed by atoms with Crippen LogP contribution in [-0.4, -0.2) is 15.9 Å². The largest absolute Gasteiger partial charge is 0.369 e. The van der Waals surface area contributed by atoms with Gasteiger partial charge in [-0.2, -0.15) is 0 Å². The van der Waals surface area contributed by atoms with Crippen LogP contribution in [-0.2, 0) is 10.2 Å². The Labute approximate surface area is 130 Å². The molecule has 2 heterocycles. The number of hydrogen-bond acceptors (Lipinski definition) is 3. The van der Waals surface area contributed by atoms with Crippen LogP contribution < -0.4 is 5.73 Å². The van der Waals surface area contributed by atoms with Crippen molar-refractivity contribution in [1.29, 1.82) is 0 Å². The van der Waals surface area contributed by atoms with E-state index in [9.17, 15) is 4.79 Å². The second-order valence-electron chi connectivity index (χ2n) is 6.81. The number of rotatable bonds is 3. The number of aromatic nitrogens is 2. The van der Waals surface area contributed by atoms with Gasteiger partial charge in [0.1, 0.15) is 0 Å². The number of fused-ring (bicyclic) bond motifs is 1. The lowest BCUT2D eigenvalue weighted by atomic mass is 9.86. The first-order valence-electron chi connectivity index (χ1n) is 8.25. The van der Waals surface area contributed by atoms with Crippen molar-refractivity contribution in [1.82, 2.24) is 9.97 Å². The number of pyridine rings is 2. The van der Waals surface area contributed by atoms with E-state index in [-0.39, 0.29) is 5.91 Å². The third kappa shape index (κ3) is 2.18. The summed E-state index contributed by atoms with van der Waals surface area (Å²) in [5.41, 5.74) is 7.02. The maximum absolute atomic E-state index is 11.6. The SMILES string of the molecule is NC(=O)C1(c2cc3cnc(C4CCCCC4)cc3cn2)CC1. The summed E-state index contributed by atoms with van der Waals surface area (Å²) in [6.45, 7) is 0. The van der Waals surface area contributed by atoms with E-state index in [1.54, 1.807) is 0 Å². The van der Waals surface area contributed by atoms with Crippen molar-refractivity contribution in [3.8, 4) is 0 Å². The average molecular weight is 295 g/mol. The number of nitrogens with two attached hydrogens (primary N) is 1. The van der Waals surface area contributed by atoms with Crippen molar-refractivity contribution in [2.24, 2.45) is 5.73 Å².